The highest BCUT2D eigenvalue weighted by molar-refractivity contribution is 5.31. The summed E-state index contributed by atoms with van der Waals surface area (Å²) in [5.74, 6) is 1.66. The van der Waals surface area contributed by atoms with Gasteiger partial charge in [-0.05, 0) is 43.5 Å². The number of rotatable bonds is 6. The van der Waals surface area contributed by atoms with Gasteiger partial charge in [0, 0.05) is 25.2 Å². The van der Waals surface area contributed by atoms with Crippen molar-refractivity contribution < 1.29 is 19.3 Å². The molecule has 1 aromatic rings. The fourth-order valence-electron chi connectivity index (χ4n) is 2.35. The molecule has 1 aliphatic heterocycles. The number of benzene rings is 1. The Morgan fingerprint density at radius 1 is 1.16 bits per heavy atom. The van der Waals surface area contributed by atoms with E-state index in [-0.39, 0.29) is 12.0 Å². The molecule has 1 aromatic carbocycles. The monoisotopic (exact) mass is 266 g/mol. The van der Waals surface area contributed by atoms with E-state index in [2.05, 4.69) is 0 Å². The van der Waals surface area contributed by atoms with Crippen LogP contribution in [0.25, 0.3) is 0 Å². The summed E-state index contributed by atoms with van der Waals surface area (Å²) in [7, 11) is 1.64. The smallest absolute Gasteiger partial charge is 0.119 e. The van der Waals surface area contributed by atoms with E-state index in [1.165, 1.54) is 0 Å². The fourth-order valence-corrected chi connectivity index (χ4v) is 2.35. The van der Waals surface area contributed by atoms with E-state index >= 15 is 0 Å². The molecule has 1 saturated heterocycles. The Balaban J connectivity index is 1.81. The third-order valence-corrected chi connectivity index (χ3v) is 3.85. The zero-order chi connectivity index (χ0) is 13.6. The third-order valence-electron chi connectivity index (χ3n) is 3.85. The number of hydrogen-bond donors (Lipinski definition) is 1. The average molecular weight is 266 g/mol. The van der Waals surface area contributed by atoms with Gasteiger partial charge in [-0.3, -0.25) is 0 Å². The van der Waals surface area contributed by atoms with Crippen molar-refractivity contribution in [2.45, 2.75) is 19.3 Å². The highest BCUT2D eigenvalue weighted by atomic mass is 16.5. The van der Waals surface area contributed by atoms with Crippen LogP contribution in [0.1, 0.15) is 19.3 Å². The first kappa shape index (κ1) is 14.2. The maximum Gasteiger partial charge on any atom is 0.119 e. The summed E-state index contributed by atoms with van der Waals surface area (Å²) in [6.07, 6.45) is 2.68. The number of methoxy groups -OCH3 is 1. The summed E-state index contributed by atoms with van der Waals surface area (Å²) >= 11 is 0. The Bertz CT molecular complexity index is 368. The summed E-state index contributed by atoms with van der Waals surface area (Å²) in [4.78, 5) is 0. The summed E-state index contributed by atoms with van der Waals surface area (Å²) in [6, 6.07) is 7.56. The minimum Gasteiger partial charge on any atom is -0.497 e. The molecule has 0 aromatic heterocycles. The van der Waals surface area contributed by atoms with Crippen molar-refractivity contribution in [3.05, 3.63) is 24.3 Å². The lowest BCUT2D eigenvalue weighted by Crippen LogP contribution is -2.34. The molecule has 1 fully saturated rings. The lowest BCUT2D eigenvalue weighted by Gasteiger charge is -2.35. The number of ether oxygens (including phenoxy) is 3. The Morgan fingerprint density at radius 2 is 1.79 bits per heavy atom. The van der Waals surface area contributed by atoms with Crippen LogP contribution in [0.5, 0.6) is 11.5 Å². The molecule has 0 bridgehead atoms. The summed E-state index contributed by atoms with van der Waals surface area (Å²) < 4.78 is 16.2. The molecule has 1 heterocycles. The number of aliphatic hydroxyl groups excluding tert-OH is 1. The van der Waals surface area contributed by atoms with Crippen LogP contribution in [-0.4, -0.2) is 38.6 Å². The molecule has 4 heteroatoms. The molecular weight excluding hydrogens is 244 g/mol. The average Bonchev–Trinajstić information content (AvgIpc) is 2.49. The molecule has 0 aliphatic carbocycles. The Kier molecular flexibility index (Phi) is 5.05. The van der Waals surface area contributed by atoms with Crippen LogP contribution < -0.4 is 9.47 Å². The van der Waals surface area contributed by atoms with Crippen molar-refractivity contribution in [1.82, 2.24) is 0 Å². The second kappa shape index (κ2) is 6.78. The molecule has 1 aliphatic rings. The van der Waals surface area contributed by atoms with Crippen LogP contribution in [-0.2, 0) is 4.74 Å². The quantitative estimate of drug-likeness (QED) is 0.858. The van der Waals surface area contributed by atoms with Gasteiger partial charge in [-0.25, -0.2) is 0 Å². The summed E-state index contributed by atoms with van der Waals surface area (Å²) in [6.45, 7) is 2.31. The SMILES string of the molecule is COc1ccc(OCCC2(CO)CCOCC2)cc1. The maximum absolute atomic E-state index is 9.58. The molecule has 19 heavy (non-hydrogen) atoms. The lowest BCUT2D eigenvalue weighted by atomic mass is 9.78. The second-order valence-corrected chi connectivity index (χ2v) is 5.04. The van der Waals surface area contributed by atoms with Crippen LogP contribution in [0.15, 0.2) is 24.3 Å². The minimum absolute atomic E-state index is 0.0231. The molecule has 0 spiro atoms. The molecule has 0 amide bonds. The van der Waals surface area contributed by atoms with Gasteiger partial charge in [0.1, 0.15) is 11.5 Å². The Labute approximate surface area is 114 Å². The summed E-state index contributed by atoms with van der Waals surface area (Å²) in [5.41, 5.74) is -0.0231. The lowest BCUT2D eigenvalue weighted by molar-refractivity contribution is -0.0263. The van der Waals surface area contributed by atoms with Crippen molar-refractivity contribution in [2.75, 3.05) is 33.5 Å². The van der Waals surface area contributed by atoms with Crippen molar-refractivity contribution in [2.24, 2.45) is 5.41 Å². The largest absolute Gasteiger partial charge is 0.497 e. The first-order valence-electron chi connectivity index (χ1n) is 6.73. The van der Waals surface area contributed by atoms with E-state index in [9.17, 15) is 5.11 Å². The minimum atomic E-state index is -0.0231. The third kappa shape index (κ3) is 3.85. The Hall–Kier alpha value is -1.26. The molecular formula is C15H22O4. The standard InChI is InChI=1S/C15H22O4/c1-17-13-2-4-14(5-3-13)19-11-8-15(12-16)6-9-18-10-7-15/h2-5,16H,6-12H2,1H3. The van der Waals surface area contributed by atoms with Gasteiger partial charge in [0.15, 0.2) is 0 Å². The van der Waals surface area contributed by atoms with Gasteiger partial charge in [-0.1, -0.05) is 0 Å². The number of aliphatic hydroxyl groups is 1. The summed E-state index contributed by atoms with van der Waals surface area (Å²) in [5, 5.41) is 9.58. The van der Waals surface area contributed by atoms with Crippen LogP contribution in [0.2, 0.25) is 0 Å². The van der Waals surface area contributed by atoms with Crippen LogP contribution in [0.4, 0.5) is 0 Å². The molecule has 0 radical (unpaired) electrons. The van der Waals surface area contributed by atoms with E-state index in [1.54, 1.807) is 7.11 Å². The molecule has 106 valence electrons. The molecule has 0 unspecified atom stereocenters. The second-order valence-electron chi connectivity index (χ2n) is 5.04. The van der Waals surface area contributed by atoms with E-state index in [0.717, 1.165) is 44.0 Å². The predicted octanol–water partition coefficient (Wildman–Crippen LogP) is 2.25. The first-order chi connectivity index (χ1) is 9.28. The van der Waals surface area contributed by atoms with E-state index in [1.807, 2.05) is 24.3 Å². The van der Waals surface area contributed by atoms with Crippen LogP contribution in [0, 0.1) is 5.41 Å². The van der Waals surface area contributed by atoms with Crippen molar-refractivity contribution in [3.63, 3.8) is 0 Å². The normalized spacial score (nSPS) is 18.0. The van der Waals surface area contributed by atoms with Gasteiger partial charge in [0.05, 0.1) is 13.7 Å². The van der Waals surface area contributed by atoms with Gasteiger partial charge in [-0.15, -0.1) is 0 Å². The van der Waals surface area contributed by atoms with E-state index < -0.39 is 0 Å². The predicted molar refractivity (Wildman–Crippen MR) is 72.7 cm³/mol. The van der Waals surface area contributed by atoms with Crippen molar-refractivity contribution in [1.29, 1.82) is 0 Å². The van der Waals surface area contributed by atoms with Gasteiger partial charge >= 0.3 is 0 Å². The molecule has 0 saturated carbocycles. The highest BCUT2D eigenvalue weighted by Crippen LogP contribution is 2.33. The van der Waals surface area contributed by atoms with E-state index in [4.69, 9.17) is 14.2 Å². The highest BCUT2D eigenvalue weighted by Gasteiger charge is 2.31. The zero-order valence-corrected chi connectivity index (χ0v) is 11.4. The van der Waals surface area contributed by atoms with Crippen molar-refractivity contribution >= 4 is 0 Å². The maximum atomic E-state index is 9.58. The Morgan fingerprint density at radius 3 is 2.37 bits per heavy atom. The van der Waals surface area contributed by atoms with E-state index in [0.29, 0.717) is 6.61 Å². The molecule has 0 atom stereocenters. The molecule has 1 N–H and O–H groups in total. The molecule has 2 rings (SSSR count). The van der Waals surface area contributed by atoms with Crippen molar-refractivity contribution in [3.8, 4) is 11.5 Å². The van der Waals surface area contributed by atoms with Gasteiger partial charge < -0.3 is 19.3 Å². The fraction of sp³-hybridized carbons (Fsp3) is 0.600. The van der Waals surface area contributed by atoms with Crippen LogP contribution >= 0.6 is 0 Å². The van der Waals surface area contributed by atoms with Gasteiger partial charge in [0.25, 0.3) is 0 Å². The zero-order valence-electron chi connectivity index (χ0n) is 11.4. The topological polar surface area (TPSA) is 47.9 Å². The van der Waals surface area contributed by atoms with Crippen LogP contribution in [0.3, 0.4) is 0 Å². The molecule has 4 nitrogen and oxygen atoms in total. The van der Waals surface area contributed by atoms with Gasteiger partial charge in [0.2, 0.25) is 0 Å². The van der Waals surface area contributed by atoms with Gasteiger partial charge in [-0.2, -0.15) is 0 Å². The first-order valence-corrected chi connectivity index (χ1v) is 6.73. The number of hydrogen-bond acceptors (Lipinski definition) is 4.